The Labute approximate surface area is 103 Å². The van der Waals surface area contributed by atoms with Crippen molar-refractivity contribution in [2.24, 2.45) is 0 Å². The molecule has 0 spiro atoms. The zero-order chi connectivity index (χ0) is 13.5. The van der Waals surface area contributed by atoms with E-state index in [4.69, 9.17) is 4.74 Å². The van der Waals surface area contributed by atoms with Crippen molar-refractivity contribution in [1.29, 1.82) is 0 Å². The molecule has 0 bridgehead atoms. The van der Waals surface area contributed by atoms with Crippen LogP contribution in [0.2, 0.25) is 0 Å². The first-order valence-corrected chi connectivity index (χ1v) is 4.95. The molecule has 0 aliphatic heterocycles. The average Bonchev–Trinajstić information content (AvgIpc) is 2.36. The second-order valence-electron chi connectivity index (χ2n) is 3.15. The SMILES string of the molecule is COC(=O)C=Cc1ccc(OC(F)F)c(OC)c1. The monoisotopic (exact) mass is 258 g/mol. The normalized spacial score (nSPS) is 10.7. The number of hydrogen-bond acceptors (Lipinski definition) is 4. The second kappa shape index (κ2) is 6.58. The predicted molar refractivity (Wildman–Crippen MR) is 60.7 cm³/mol. The number of ether oxygens (including phenoxy) is 3. The number of hydrogen-bond donors (Lipinski definition) is 0. The first-order chi connectivity index (χ1) is 8.56. The fourth-order valence-corrected chi connectivity index (χ4v) is 1.21. The van der Waals surface area contributed by atoms with Crippen LogP contribution in [0.3, 0.4) is 0 Å². The van der Waals surface area contributed by atoms with Gasteiger partial charge in [-0.1, -0.05) is 6.07 Å². The van der Waals surface area contributed by atoms with E-state index in [0.29, 0.717) is 5.56 Å². The van der Waals surface area contributed by atoms with Crippen molar-refractivity contribution < 1.29 is 27.8 Å². The van der Waals surface area contributed by atoms with Crippen LogP contribution in [0.15, 0.2) is 24.3 Å². The zero-order valence-corrected chi connectivity index (χ0v) is 9.85. The van der Waals surface area contributed by atoms with Gasteiger partial charge in [0.05, 0.1) is 14.2 Å². The summed E-state index contributed by atoms with van der Waals surface area (Å²) in [7, 11) is 2.59. The van der Waals surface area contributed by atoms with Crippen LogP contribution in [0, 0.1) is 0 Å². The van der Waals surface area contributed by atoms with Gasteiger partial charge in [-0.05, 0) is 23.8 Å². The van der Waals surface area contributed by atoms with Crippen molar-refractivity contribution in [3.05, 3.63) is 29.8 Å². The number of carbonyl (C=O) groups excluding carboxylic acids is 1. The van der Waals surface area contributed by atoms with Crippen molar-refractivity contribution in [1.82, 2.24) is 0 Å². The highest BCUT2D eigenvalue weighted by molar-refractivity contribution is 5.87. The van der Waals surface area contributed by atoms with Gasteiger partial charge >= 0.3 is 12.6 Å². The fourth-order valence-electron chi connectivity index (χ4n) is 1.21. The molecule has 0 fully saturated rings. The van der Waals surface area contributed by atoms with Gasteiger partial charge in [0.2, 0.25) is 0 Å². The van der Waals surface area contributed by atoms with Crippen molar-refractivity contribution >= 4 is 12.0 Å². The summed E-state index contributed by atoms with van der Waals surface area (Å²) in [5.74, 6) is -0.424. The summed E-state index contributed by atoms with van der Waals surface area (Å²) in [6.07, 6.45) is 2.68. The minimum Gasteiger partial charge on any atom is -0.493 e. The van der Waals surface area contributed by atoms with Gasteiger partial charge in [-0.25, -0.2) is 4.79 Å². The number of carbonyl (C=O) groups is 1. The van der Waals surface area contributed by atoms with Gasteiger partial charge in [-0.15, -0.1) is 0 Å². The van der Waals surface area contributed by atoms with E-state index < -0.39 is 12.6 Å². The minimum atomic E-state index is -2.92. The molecule has 18 heavy (non-hydrogen) atoms. The van der Waals surface area contributed by atoms with E-state index >= 15 is 0 Å². The van der Waals surface area contributed by atoms with Crippen LogP contribution in [-0.2, 0) is 9.53 Å². The lowest BCUT2D eigenvalue weighted by Gasteiger charge is -2.10. The third-order valence-corrected chi connectivity index (χ3v) is 2.02. The Kier molecular flexibility index (Phi) is 5.10. The summed E-state index contributed by atoms with van der Waals surface area (Å²) in [5.41, 5.74) is 0.596. The molecule has 0 saturated carbocycles. The number of rotatable bonds is 5. The van der Waals surface area contributed by atoms with Crippen molar-refractivity contribution in [3.63, 3.8) is 0 Å². The van der Waals surface area contributed by atoms with Crippen LogP contribution in [0.5, 0.6) is 11.5 Å². The number of benzene rings is 1. The first-order valence-electron chi connectivity index (χ1n) is 4.95. The number of alkyl halides is 2. The van der Waals surface area contributed by atoms with Gasteiger partial charge in [0.25, 0.3) is 0 Å². The summed E-state index contributed by atoms with van der Waals surface area (Å²) in [6, 6.07) is 4.32. The lowest BCUT2D eigenvalue weighted by molar-refractivity contribution is -0.134. The van der Waals surface area contributed by atoms with Gasteiger partial charge in [-0.2, -0.15) is 8.78 Å². The summed E-state index contributed by atoms with van der Waals surface area (Å²) in [4.78, 5) is 10.9. The molecule has 6 heteroatoms. The molecule has 0 saturated heterocycles. The Morgan fingerprint density at radius 2 is 2.00 bits per heavy atom. The molecule has 0 unspecified atom stereocenters. The molecule has 1 aromatic rings. The van der Waals surface area contributed by atoms with Gasteiger partial charge in [-0.3, -0.25) is 0 Å². The summed E-state index contributed by atoms with van der Waals surface area (Å²) < 4.78 is 37.8. The van der Waals surface area contributed by atoms with E-state index in [2.05, 4.69) is 9.47 Å². The summed E-state index contributed by atoms with van der Waals surface area (Å²) in [5, 5.41) is 0. The molecule has 0 aliphatic rings. The first kappa shape index (κ1) is 14.0. The van der Waals surface area contributed by atoms with Gasteiger partial charge < -0.3 is 14.2 Å². The van der Waals surface area contributed by atoms with Crippen LogP contribution in [0.1, 0.15) is 5.56 Å². The van der Waals surface area contributed by atoms with E-state index in [1.165, 1.54) is 44.6 Å². The van der Waals surface area contributed by atoms with Crippen molar-refractivity contribution in [2.45, 2.75) is 6.61 Å². The number of esters is 1. The van der Waals surface area contributed by atoms with Crippen molar-refractivity contribution in [3.8, 4) is 11.5 Å². The lowest BCUT2D eigenvalue weighted by Crippen LogP contribution is -2.03. The molecule has 98 valence electrons. The predicted octanol–water partition coefficient (Wildman–Crippen LogP) is 2.48. The van der Waals surface area contributed by atoms with Gasteiger partial charge in [0, 0.05) is 6.08 Å². The summed E-state index contributed by atoms with van der Waals surface area (Å²) in [6.45, 7) is -2.92. The molecule has 0 radical (unpaired) electrons. The van der Waals surface area contributed by atoms with Crippen LogP contribution in [-0.4, -0.2) is 26.8 Å². The quantitative estimate of drug-likeness (QED) is 0.601. The Morgan fingerprint density at radius 1 is 1.28 bits per heavy atom. The molecule has 4 nitrogen and oxygen atoms in total. The van der Waals surface area contributed by atoms with E-state index in [1.54, 1.807) is 0 Å². The Balaban J connectivity index is 2.91. The Hall–Kier alpha value is -2.11. The minimum absolute atomic E-state index is 0.0669. The van der Waals surface area contributed by atoms with E-state index in [0.717, 1.165) is 0 Å². The van der Waals surface area contributed by atoms with Crippen molar-refractivity contribution in [2.75, 3.05) is 14.2 Å². The van der Waals surface area contributed by atoms with E-state index in [1.807, 2.05) is 0 Å². The Bertz CT molecular complexity index is 444. The van der Waals surface area contributed by atoms with E-state index in [9.17, 15) is 13.6 Å². The van der Waals surface area contributed by atoms with E-state index in [-0.39, 0.29) is 11.5 Å². The largest absolute Gasteiger partial charge is 0.493 e. The van der Waals surface area contributed by atoms with Gasteiger partial charge in [0.1, 0.15) is 0 Å². The highest BCUT2D eigenvalue weighted by Crippen LogP contribution is 2.29. The molecule has 0 amide bonds. The second-order valence-corrected chi connectivity index (χ2v) is 3.15. The third kappa shape index (κ3) is 4.04. The number of methoxy groups -OCH3 is 2. The molecule has 0 N–H and O–H groups in total. The average molecular weight is 258 g/mol. The Morgan fingerprint density at radius 3 is 2.56 bits per heavy atom. The molecule has 0 heterocycles. The molecule has 1 aromatic carbocycles. The standard InChI is InChI=1S/C12H12F2O4/c1-16-10-7-8(4-6-11(15)17-2)3-5-9(10)18-12(13)14/h3-7,12H,1-2H3. The smallest absolute Gasteiger partial charge is 0.387 e. The fraction of sp³-hybridized carbons (Fsp3) is 0.250. The molecular weight excluding hydrogens is 246 g/mol. The van der Waals surface area contributed by atoms with Gasteiger partial charge in [0.15, 0.2) is 11.5 Å². The third-order valence-electron chi connectivity index (χ3n) is 2.02. The topological polar surface area (TPSA) is 44.8 Å². The summed E-state index contributed by atoms with van der Waals surface area (Å²) >= 11 is 0. The lowest BCUT2D eigenvalue weighted by atomic mass is 10.2. The molecule has 1 rings (SSSR count). The highest BCUT2D eigenvalue weighted by Gasteiger charge is 2.10. The molecule has 0 atom stereocenters. The maximum Gasteiger partial charge on any atom is 0.387 e. The van der Waals surface area contributed by atoms with Crippen LogP contribution >= 0.6 is 0 Å². The maximum atomic E-state index is 12.1. The molecule has 0 aromatic heterocycles. The molecular formula is C12H12F2O4. The number of halogens is 2. The van der Waals surface area contributed by atoms with Crippen LogP contribution < -0.4 is 9.47 Å². The van der Waals surface area contributed by atoms with Crippen LogP contribution in [0.25, 0.3) is 6.08 Å². The van der Waals surface area contributed by atoms with Crippen LogP contribution in [0.4, 0.5) is 8.78 Å². The molecule has 0 aliphatic carbocycles. The highest BCUT2D eigenvalue weighted by atomic mass is 19.3. The maximum absolute atomic E-state index is 12.1. The zero-order valence-electron chi connectivity index (χ0n) is 9.85.